The number of alkyl halides is 3. The van der Waals surface area contributed by atoms with Gasteiger partial charge in [-0.25, -0.2) is 4.79 Å². The molecule has 1 amide bonds. The summed E-state index contributed by atoms with van der Waals surface area (Å²) in [5.74, 6) is 0. The van der Waals surface area contributed by atoms with Crippen LogP contribution in [0.25, 0.3) is 10.9 Å². The van der Waals surface area contributed by atoms with Crippen molar-refractivity contribution in [2.24, 2.45) is 0 Å². The molecular formula is C30H30F3N3O3. The number of carbonyl (C=O) groups is 1. The van der Waals surface area contributed by atoms with E-state index >= 15 is 0 Å². The van der Waals surface area contributed by atoms with E-state index in [0.717, 1.165) is 34.2 Å². The average Bonchev–Trinajstić information content (AvgIpc) is 3.53. The van der Waals surface area contributed by atoms with Gasteiger partial charge >= 0.3 is 12.3 Å². The fourth-order valence-electron chi connectivity index (χ4n) is 5.09. The van der Waals surface area contributed by atoms with Crippen molar-refractivity contribution in [1.82, 2.24) is 14.8 Å². The third-order valence-electron chi connectivity index (χ3n) is 7.20. The monoisotopic (exact) mass is 537 g/mol. The van der Waals surface area contributed by atoms with Gasteiger partial charge in [0.15, 0.2) is 0 Å². The molecule has 9 heteroatoms. The molecule has 2 atom stereocenters. The largest absolute Gasteiger partial charge is 0.445 e. The lowest BCUT2D eigenvalue weighted by Gasteiger charge is -2.30. The molecule has 204 valence electrons. The zero-order valence-corrected chi connectivity index (χ0v) is 21.3. The quantitative estimate of drug-likeness (QED) is 0.307. The standard InChI is InChI=1S/C30H30F3N3O3/c31-30(32,33)24-12-10-21(11-13-24)17-35(15-14-23-16-34-26-9-5-4-8-25(23)26)27-18-36(19-28(27)37)29(38)39-20-22-6-2-1-3-7-22/h1-13,16,27-28,34,37H,14-15,17-20H2/t27-,28-/m1/s1. The number of fused-ring (bicyclic) bond motifs is 1. The van der Waals surface area contributed by atoms with Gasteiger partial charge in [-0.2, -0.15) is 13.2 Å². The number of carbonyl (C=O) groups excluding carboxylic acids is 1. The topological polar surface area (TPSA) is 68.8 Å². The fourth-order valence-corrected chi connectivity index (χ4v) is 5.09. The lowest BCUT2D eigenvalue weighted by atomic mass is 10.1. The molecule has 0 bridgehead atoms. The average molecular weight is 538 g/mol. The predicted octanol–water partition coefficient (Wildman–Crippen LogP) is 5.61. The van der Waals surface area contributed by atoms with Gasteiger partial charge in [0.2, 0.25) is 0 Å². The highest BCUT2D eigenvalue weighted by Crippen LogP contribution is 2.30. The molecule has 1 aliphatic rings. The first kappa shape index (κ1) is 26.8. The molecule has 5 rings (SSSR count). The van der Waals surface area contributed by atoms with Gasteiger partial charge in [0.25, 0.3) is 0 Å². The van der Waals surface area contributed by atoms with Gasteiger partial charge in [0.1, 0.15) is 6.61 Å². The molecule has 1 aliphatic heterocycles. The third kappa shape index (κ3) is 6.43. The number of H-pyrrole nitrogens is 1. The van der Waals surface area contributed by atoms with Crippen LogP contribution in [0.3, 0.4) is 0 Å². The Morgan fingerprint density at radius 3 is 2.44 bits per heavy atom. The summed E-state index contributed by atoms with van der Waals surface area (Å²) in [7, 11) is 0. The van der Waals surface area contributed by atoms with Crippen molar-refractivity contribution in [3.63, 3.8) is 0 Å². The van der Waals surface area contributed by atoms with Crippen molar-refractivity contribution in [2.75, 3.05) is 19.6 Å². The molecule has 0 spiro atoms. The van der Waals surface area contributed by atoms with Crippen LogP contribution in [0.2, 0.25) is 0 Å². The van der Waals surface area contributed by atoms with Crippen molar-refractivity contribution >= 4 is 17.0 Å². The number of amides is 1. The summed E-state index contributed by atoms with van der Waals surface area (Å²) in [5.41, 5.74) is 2.98. The summed E-state index contributed by atoms with van der Waals surface area (Å²) in [5, 5.41) is 12.1. The Morgan fingerprint density at radius 2 is 1.69 bits per heavy atom. The lowest BCUT2D eigenvalue weighted by molar-refractivity contribution is -0.137. The zero-order valence-electron chi connectivity index (χ0n) is 21.3. The molecule has 2 heterocycles. The molecule has 6 nitrogen and oxygen atoms in total. The number of halogens is 3. The second-order valence-corrected chi connectivity index (χ2v) is 9.85. The van der Waals surface area contributed by atoms with Gasteiger partial charge in [-0.1, -0.05) is 60.7 Å². The second kappa shape index (κ2) is 11.5. The normalized spacial score (nSPS) is 17.7. The van der Waals surface area contributed by atoms with Gasteiger partial charge in [-0.15, -0.1) is 0 Å². The maximum absolute atomic E-state index is 13.1. The molecule has 4 aromatic rings. The third-order valence-corrected chi connectivity index (χ3v) is 7.20. The Bertz CT molecular complexity index is 1390. The number of aliphatic hydroxyl groups excluding tert-OH is 1. The van der Waals surface area contributed by atoms with E-state index in [0.29, 0.717) is 25.1 Å². The van der Waals surface area contributed by atoms with E-state index < -0.39 is 30.0 Å². The van der Waals surface area contributed by atoms with Crippen molar-refractivity contribution in [3.8, 4) is 0 Å². The Kier molecular flexibility index (Phi) is 7.90. The molecule has 0 unspecified atom stereocenters. The van der Waals surface area contributed by atoms with Crippen molar-refractivity contribution in [1.29, 1.82) is 0 Å². The highest BCUT2D eigenvalue weighted by atomic mass is 19.4. The van der Waals surface area contributed by atoms with Crippen LogP contribution in [0.4, 0.5) is 18.0 Å². The lowest BCUT2D eigenvalue weighted by Crippen LogP contribution is -2.44. The number of para-hydroxylation sites is 1. The number of likely N-dealkylation sites (tertiary alicyclic amines) is 1. The van der Waals surface area contributed by atoms with Crippen LogP contribution in [-0.4, -0.2) is 57.8 Å². The number of aromatic amines is 1. The number of aliphatic hydroxyl groups is 1. The van der Waals surface area contributed by atoms with Gasteiger partial charge in [-0.3, -0.25) is 4.90 Å². The molecular weight excluding hydrogens is 507 g/mol. The molecule has 39 heavy (non-hydrogen) atoms. The maximum atomic E-state index is 13.1. The second-order valence-electron chi connectivity index (χ2n) is 9.85. The fraction of sp³-hybridized carbons (Fsp3) is 0.300. The van der Waals surface area contributed by atoms with E-state index in [2.05, 4.69) is 4.98 Å². The van der Waals surface area contributed by atoms with Crippen LogP contribution in [0, 0.1) is 0 Å². The maximum Gasteiger partial charge on any atom is 0.416 e. The SMILES string of the molecule is O=C(OCc1ccccc1)N1C[C@@H](O)[C@H](N(CCc2c[nH]c3ccccc23)Cc2ccc(C(F)(F)F)cc2)C1. The van der Waals surface area contributed by atoms with Crippen LogP contribution in [0.1, 0.15) is 22.3 Å². The summed E-state index contributed by atoms with van der Waals surface area (Å²) in [4.78, 5) is 19.6. The Balaban J connectivity index is 1.30. The molecule has 1 saturated heterocycles. The molecule has 1 aromatic heterocycles. The van der Waals surface area contributed by atoms with E-state index in [-0.39, 0.29) is 19.7 Å². The number of hydrogen-bond donors (Lipinski definition) is 2. The smallest absolute Gasteiger partial charge is 0.416 e. The summed E-state index contributed by atoms with van der Waals surface area (Å²) in [6.07, 6.45) is -3.13. The first-order valence-electron chi connectivity index (χ1n) is 12.9. The highest BCUT2D eigenvalue weighted by molar-refractivity contribution is 5.83. The molecule has 1 fully saturated rings. The summed E-state index contributed by atoms with van der Waals surface area (Å²) < 4.78 is 44.7. The Morgan fingerprint density at radius 1 is 0.974 bits per heavy atom. The van der Waals surface area contributed by atoms with Crippen LogP contribution in [0.15, 0.2) is 85.1 Å². The number of ether oxygens (including phenoxy) is 1. The van der Waals surface area contributed by atoms with Gasteiger partial charge in [-0.05, 0) is 41.3 Å². The first-order valence-corrected chi connectivity index (χ1v) is 12.9. The van der Waals surface area contributed by atoms with E-state index in [1.165, 1.54) is 17.0 Å². The van der Waals surface area contributed by atoms with E-state index in [1.54, 1.807) is 0 Å². The minimum atomic E-state index is -4.41. The van der Waals surface area contributed by atoms with E-state index in [1.807, 2.05) is 65.7 Å². The molecule has 0 radical (unpaired) electrons. The molecule has 2 N–H and O–H groups in total. The van der Waals surface area contributed by atoms with Crippen LogP contribution >= 0.6 is 0 Å². The van der Waals surface area contributed by atoms with Crippen molar-refractivity contribution in [2.45, 2.75) is 37.9 Å². The minimum Gasteiger partial charge on any atom is -0.445 e. The summed E-state index contributed by atoms with van der Waals surface area (Å²) in [6.45, 7) is 1.37. The van der Waals surface area contributed by atoms with E-state index in [9.17, 15) is 23.1 Å². The number of benzene rings is 3. The highest BCUT2D eigenvalue weighted by Gasteiger charge is 2.38. The van der Waals surface area contributed by atoms with Crippen LogP contribution in [-0.2, 0) is 30.5 Å². The van der Waals surface area contributed by atoms with Crippen LogP contribution < -0.4 is 0 Å². The molecule has 0 aliphatic carbocycles. The van der Waals surface area contributed by atoms with Gasteiger partial charge < -0.3 is 19.7 Å². The van der Waals surface area contributed by atoms with Gasteiger partial charge in [0, 0.05) is 36.7 Å². The van der Waals surface area contributed by atoms with E-state index in [4.69, 9.17) is 4.74 Å². The Hall–Kier alpha value is -3.82. The summed E-state index contributed by atoms with van der Waals surface area (Å²) >= 11 is 0. The number of nitrogens with zero attached hydrogens (tertiary/aromatic N) is 2. The number of β-amino-alcohol motifs (C(OH)–C–C–N with tert-alkyl or cyclic N) is 1. The van der Waals surface area contributed by atoms with Gasteiger partial charge in [0.05, 0.1) is 24.3 Å². The van der Waals surface area contributed by atoms with Crippen molar-refractivity contribution < 1.29 is 27.8 Å². The first-order chi connectivity index (χ1) is 18.8. The van der Waals surface area contributed by atoms with Crippen LogP contribution in [0.5, 0.6) is 0 Å². The zero-order chi connectivity index (χ0) is 27.4. The minimum absolute atomic E-state index is 0.120. The molecule has 0 saturated carbocycles. The Labute approximate surface area is 224 Å². The summed E-state index contributed by atoms with van der Waals surface area (Å²) in [6, 6.07) is 22.0. The predicted molar refractivity (Wildman–Crippen MR) is 142 cm³/mol. The molecule has 3 aromatic carbocycles. The number of aromatic nitrogens is 1. The van der Waals surface area contributed by atoms with Crippen molar-refractivity contribution in [3.05, 3.63) is 107 Å². The number of rotatable bonds is 8. The number of nitrogens with one attached hydrogen (secondary N) is 1. The number of hydrogen-bond acceptors (Lipinski definition) is 4.